The van der Waals surface area contributed by atoms with E-state index in [9.17, 15) is 0 Å². The van der Waals surface area contributed by atoms with E-state index in [2.05, 4.69) is 16.1 Å². The zero-order chi connectivity index (χ0) is 16.7. The van der Waals surface area contributed by atoms with Crippen molar-refractivity contribution in [2.24, 2.45) is 0 Å². The fraction of sp³-hybridized carbons (Fsp3) is 0.111. The number of fused-ring (bicyclic) bond motifs is 1. The molecule has 6 heteroatoms. The van der Waals surface area contributed by atoms with Gasteiger partial charge in [-0.15, -0.1) is 11.3 Å². The standard InChI is InChI=1S/C18H16N4OS/c1-11-9-12(2)22(21-11)17-10-15-18(24-17)16(7-8-20-15)23-14-5-3-13(19)4-6-14/h3-10H,19H2,1-2H3. The summed E-state index contributed by atoms with van der Waals surface area (Å²) >= 11 is 1.62. The van der Waals surface area contributed by atoms with Gasteiger partial charge in [0.25, 0.3) is 0 Å². The quantitative estimate of drug-likeness (QED) is 0.560. The van der Waals surface area contributed by atoms with E-state index >= 15 is 0 Å². The maximum absolute atomic E-state index is 6.02. The number of hydrogen-bond acceptors (Lipinski definition) is 5. The van der Waals surface area contributed by atoms with Crippen molar-refractivity contribution in [3.8, 4) is 16.5 Å². The first-order valence-corrected chi connectivity index (χ1v) is 8.37. The van der Waals surface area contributed by atoms with Crippen LogP contribution in [0.15, 0.2) is 48.7 Å². The van der Waals surface area contributed by atoms with E-state index in [-0.39, 0.29) is 0 Å². The molecule has 0 unspecified atom stereocenters. The lowest BCUT2D eigenvalue weighted by molar-refractivity contribution is 0.489. The van der Waals surface area contributed by atoms with Crippen LogP contribution in [0.4, 0.5) is 5.69 Å². The van der Waals surface area contributed by atoms with Gasteiger partial charge in [0.2, 0.25) is 0 Å². The van der Waals surface area contributed by atoms with Gasteiger partial charge >= 0.3 is 0 Å². The normalized spacial score (nSPS) is 11.1. The molecular formula is C18H16N4OS. The minimum atomic E-state index is 0.713. The zero-order valence-electron chi connectivity index (χ0n) is 13.4. The second kappa shape index (κ2) is 5.65. The van der Waals surface area contributed by atoms with Crippen LogP contribution in [-0.4, -0.2) is 14.8 Å². The van der Waals surface area contributed by atoms with Gasteiger partial charge in [-0.25, -0.2) is 4.68 Å². The molecule has 3 heterocycles. The molecule has 1 aromatic carbocycles. The second-order valence-electron chi connectivity index (χ2n) is 5.62. The lowest BCUT2D eigenvalue weighted by atomic mass is 10.3. The predicted octanol–water partition coefficient (Wildman–Crippen LogP) is 4.47. The Kier molecular flexibility index (Phi) is 3.46. The van der Waals surface area contributed by atoms with Gasteiger partial charge in [0.15, 0.2) is 0 Å². The monoisotopic (exact) mass is 336 g/mol. The van der Waals surface area contributed by atoms with Gasteiger partial charge in [-0.2, -0.15) is 5.10 Å². The molecule has 3 aromatic heterocycles. The highest BCUT2D eigenvalue weighted by Gasteiger charge is 2.12. The Balaban J connectivity index is 1.77. The number of pyridine rings is 1. The molecule has 4 rings (SSSR count). The molecule has 0 aliphatic carbocycles. The Bertz CT molecular complexity index is 1020. The molecule has 0 atom stereocenters. The number of rotatable bonds is 3. The number of thiophene rings is 1. The van der Waals surface area contributed by atoms with Crippen molar-refractivity contribution in [2.45, 2.75) is 13.8 Å². The molecule has 0 saturated heterocycles. The van der Waals surface area contributed by atoms with Crippen LogP contribution in [0.2, 0.25) is 0 Å². The molecule has 0 radical (unpaired) electrons. The maximum atomic E-state index is 6.02. The summed E-state index contributed by atoms with van der Waals surface area (Å²) < 4.78 is 8.95. The largest absolute Gasteiger partial charge is 0.456 e. The summed E-state index contributed by atoms with van der Waals surface area (Å²) in [6.45, 7) is 4.04. The Morgan fingerprint density at radius 2 is 1.88 bits per heavy atom. The first-order valence-electron chi connectivity index (χ1n) is 7.56. The van der Waals surface area contributed by atoms with Gasteiger partial charge in [-0.1, -0.05) is 0 Å². The van der Waals surface area contributed by atoms with Gasteiger partial charge in [-0.3, -0.25) is 4.98 Å². The SMILES string of the molecule is Cc1cc(C)n(-c2cc3nccc(Oc4ccc(N)cc4)c3s2)n1. The number of aryl methyl sites for hydroxylation is 2. The summed E-state index contributed by atoms with van der Waals surface area (Å²) in [4.78, 5) is 4.45. The Morgan fingerprint density at radius 3 is 2.58 bits per heavy atom. The number of nitrogens with two attached hydrogens (primary N) is 1. The van der Waals surface area contributed by atoms with Crippen molar-refractivity contribution < 1.29 is 4.74 Å². The number of aromatic nitrogens is 3. The van der Waals surface area contributed by atoms with Crippen molar-refractivity contribution in [2.75, 3.05) is 5.73 Å². The molecule has 0 spiro atoms. The topological polar surface area (TPSA) is 66.0 Å². The summed E-state index contributed by atoms with van der Waals surface area (Å²) in [5.41, 5.74) is 9.43. The van der Waals surface area contributed by atoms with E-state index in [1.165, 1.54) is 0 Å². The molecule has 0 amide bonds. The van der Waals surface area contributed by atoms with Gasteiger partial charge in [0.1, 0.15) is 16.5 Å². The number of nitrogens with zero attached hydrogens (tertiary/aromatic N) is 3. The Labute approximate surface area is 143 Å². The summed E-state index contributed by atoms with van der Waals surface area (Å²) in [7, 11) is 0. The third-order valence-electron chi connectivity index (χ3n) is 3.69. The highest BCUT2D eigenvalue weighted by molar-refractivity contribution is 7.21. The molecule has 2 N–H and O–H groups in total. The van der Waals surface area contributed by atoms with Gasteiger partial charge in [0.05, 0.1) is 15.9 Å². The van der Waals surface area contributed by atoms with Crippen molar-refractivity contribution in [1.29, 1.82) is 0 Å². The number of benzene rings is 1. The minimum absolute atomic E-state index is 0.713. The third kappa shape index (κ3) is 2.61. The third-order valence-corrected chi connectivity index (χ3v) is 4.80. The van der Waals surface area contributed by atoms with E-state index in [0.29, 0.717) is 5.69 Å². The van der Waals surface area contributed by atoms with E-state index in [1.807, 2.05) is 54.9 Å². The van der Waals surface area contributed by atoms with Gasteiger partial charge in [-0.05, 0) is 44.2 Å². The summed E-state index contributed by atoms with van der Waals surface area (Å²) in [6.07, 6.45) is 1.76. The predicted molar refractivity (Wildman–Crippen MR) is 97.1 cm³/mol. The number of ether oxygens (including phenoxy) is 1. The van der Waals surface area contributed by atoms with Crippen molar-refractivity contribution in [1.82, 2.24) is 14.8 Å². The highest BCUT2D eigenvalue weighted by Crippen LogP contribution is 2.36. The van der Waals surface area contributed by atoms with E-state index < -0.39 is 0 Å². The highest BCUT2D eigenvalue weighted by atomic mass is 32.1. The van der Waals surface area contributed by atoms with Crippen molar-refractivity contribution >= 4 is 27.2 Å². The first-order chi connectivity index (χ1) is 11.6. The molecule has 0 bridgehead atoms. The molecule has 0 aliphatic heterocycles. The van der Waals surface area contributed by atoms with Gasteiger partial charge < -0.3 is 10.5 Å². The van der Waals surface area contributed by atoms with Crippen molar-refractivity contribution in [3.63, 3.8) is 0 Å². The van der Waals surface area contributed by atoms with Crippen LogP contribution in [0.25, 0.3) is 15.2 Å². The Morgan fingerprint density at radius 1 is 1.08 bits per heavy atom. The smallest absolute Gasteiger partial charge is 0.148 e. The van der Waals surface area contributed by atoms with Crippen molar-refractivity contribution in [3.05, 3.63) is 60.0 Å². The lowest BCUT2D eigenvalue weighted by Crippen LogP contribution is -1.95. The first kappa shape index (κ1) is 14.7. The second-order valence-corrected chi connectivity index (χ2v) is 6.65. The van der Waals surface area contributed by atoms with E-state index in [4.69, 9.17) is 10.5 Å². The van der Waals surface area contributed by atoms with Crippen LogP contribution in [-0.2, 0) is 0 Å². The molecule has 0 fully saturated rings. The summed E-state index contributed by atoms with van der Waals surface area (Å²) in [6, 6.07) is 13.3. The number of hydrogen-bond donors (Lipinski definition) is 1. The Hall–Kier alpha value is -2.86. The average Bonchev–Trinajstić information content (AvgIpc) is 3.13. The summed E-state index contributed by atoms with van der Waals surface area (Å²) in [5.74, 6) is 1.53. The van der Waals surface area contributed by atoms with Crippen LogP contribution in [0, 0.1) is 13.8 Å². The molecule has 0 aliphatic rings. The van der Waals surface area contributed by atoms with E-state index in [1.54, 1.807) is 17.5 Å². The average molecular weight is 336 g/mol. The maximum Gasteiger partial charge on any atom is 0.148 e. The molecule has 4 aromatic rings. The van der Waals surface area contributed by atoms with Gasteiger partial charge in [0, 0.05) is 29.7 Å². The van der Waals surface area contributed by atoms with Crippen LogP contribution in [0.3, 0.4) is 0 Å². The molecular weight excluding hydrogens is 320 g/mol. The molecule has 0 saturated carbocycles. The van der Waals surface area contributed by atoms with Crippen LogP contribution < -0.4 is 10.5 Å². The molecule has 120 valence electrons. The number of nitrogen functional groups attached to an aromatic ring is 1. The van der Waals surface area contributed by atoms with Crippen LogP contribution in [0.5, 0.6) is 11.5 Å². The fourth-order valence-electron chi connectivity index (χ4n) is 2.60. The number of anilines is 1. The zero-order valence-corrected chi connectivity index (χ0v) is 14.2. The minimum Gasteiger partial charge on any atom is -0.456 e. The molecule has 5 nitrogen and oxygen atoms in total. The molecule has 24 heavy (non-hydrogen) atoms. The van der Waals surface area contributed by atoms with E-state index in [0.717, 1.165) is 38.1 Å². The van der Waals surface area contributed by atoms with Crippen LogP contribution in [0.1, 0.15) is 11.4 Å². The summed E-state index contributed by atoms with van der Waals surface area (Å²) in [5, 5.41) is 5.57. The fourth-order valence-corrected chi connectivity index (χ4v) is 3.68. The lowest BCUT2D eigenvalue weighted by Gasteiger charge is -2.06. The van der Waals surface area contributed by atoms with Crippen LogP contribution >= 0.6 is 11.3 Å².